The van der Waals surface area contributed by atoms with Gasteiger partial charge < -0.3 is 5.11 Å². The first-order chi connectivity index (χ1) is 8.29. The summed E-state index contributed by atoms with van der Waals surface area (Å²) in [5.41, 5.74) is 1.38. The minimum atomic E-state index is 0.322. The van der Waals surface area contributed by atoms with Crippen LogP contribution in [-0.4, -0.2) is 29.2 Å². The molecule has 2 rings (SSSR count). The lowest BCUT2D eigenvalue weighted by Gasteiger charge is -2.24. The standard InChI is InChI=1S/C14H20BrNO/c15-13-7-5-12(6-8-13)11-16-9-1-3-14(16)4-2-10-17/h5-8,14,17H,1-4,9-11H2. The van der Waals surface area contributed by atoms with Gasteiger partial charge in [-0.25, -0.2) is 0 Å². The summed E-state index contributed by atoms with van der Waals surface area (Å²) in [6.45, 7) is 2.57. The van der Waals surface area contributed by atoms with E-state index in [1.807, 2.05) is 0 Å². The van der Waals surface area contributed by atoms with Crippen LogP contribution in [0.2, 0.25) is 0 Å². The summed E-state index contributed by atoms with van der Waals surface area (Å²) in [6.07, 6.45) is 4.65. The van der Waals surface area contributed by atoms with Crippen molar-refractivity contribution in [1.82, 2.24) is 4.90 Å². The Morgan fingerprint density at radius 3 is 2.76 bits per heavy atom. The molecule has 1 atom stereocenters. The Hall–Kier alpha value is -0.380. The van der Waals surface area contributed by atoms with Crippen molar-refractivity contribution in [2.24, 2.45) is 0 Å². The van der Waals surface area contributed by atoms with E-state index in [2.05, 4.69) is 45.1 Å². The Morgan fingerprint density at radius 1 is 1.29 bits per heavy atom. The van der Waals surface area contributed by atoms with E-state index in [-0.39, 0.29) is 0 Å². The van der Waals surface area contributed by atoms with Crippen LogP contribution in [0.1, 0.15) is 31.2 Å². The number of halogens is 1. The van der Waals surface area contributed by atoms with Gasteiger partial charge in [-0.05, 0) is 49.9 Å². The van der Waals surface area contributed by atoms with E-state index in [0.29, 0.717) is 12.6 Å². The molecule has 94 valence electrons. The Morgan fingerprint density at radius 2 is 2.06 bits per heavy atom. The lowest BCUT2D eigenvalue weighted by atomic mass is 10.1. The van der Waals surface area contributed by atoms with E-state index in [0.717, 1.165) is 23.9 Å². The van der Waals surface area contributed by atoms with E-state index in [9.17, 15) is 0 Å². The summed E-state index contributed by atoms with van der Waals surface area (Å²) in [5.74, 6) is 0. The molecule has 1 saturated heterocycles. The fraction of sp³-hybridized carbons (Fsp3) is 0.571. The Labute approximate surface area is 112 Å². The highest BCUT2D eigenvalue weighted by Gasteiger charge is 2.23. The maximum atomic E-state index is 8.91. The molecule has 1 N–H and O–H groups in total. The number of aliphatic hydroxyl groups excluding tert-OH is 1. The predicted octanol–water partition coefficient (Wildman–Crippen LogP) is 3.19. The second-order valence-corrected chi connectivity index (χ2v) is 5.67. The molecule has 1 aliphatic heterocycles. The monoisotopic (exact) mass is 297 g/mol. The average Bonchev–Trinajstić information content (AvgIpc) is 2.77. The molecule has 0 amide bonds. The van der Waals surface area contributed by atoms with E-state index in [1.165, 1.54) is 24.9 Å². The van der Waals surface area contributed by atoms with Gasteiger partial charge in [0.05, 0.1) is 0 Å². The molecular formula is C14H20BrNO. The molecule has 3 heteroatoms. The fourth-order valence-electron chi connectivity index (χ4n) is 2.58. The predicted molar refractivity (Wildman–Crippen MR) is 73.9 cm³/mol. The second-order valence-electron chi connectivity index (χ2n) is 4.76. The molecule has 0 aromatic heterocycles. The van der Waals surface area contributed by atoms with Crippen LogP contribution < -0.4 is 0 Å². The largest absolute Gasteiger partial charge is 0.396 e. The van der Waals surface area contributed by atoms with Crippen LogP contribution in [0.15, 0.2) is 28.7 Å². The van der Waals surface area contributed by atoms with Crippen LogP contribution in [0.3, 0.4) is 0 Å². The Kier molecular flexibility index (Phi) is 5.01. The first-order valence-electron chi connectivity index (χ1n) is 6.39. The minimum Gasteiger partial charge on any atom is -0.396 e. The zero-order chi connectivity index (χ0) is 12.1. The first-order valence-corrected chi connectivity index (χ1v) is 7.18. The maximum absolute atomic E-state index is 8.91. The number of aliphatic hydroxyl groups is 1. The molecule has 1 aliphatic rings. The molecule has 17 heavy (non-hydrogen) atoms. The number of rotatable bonds is 5. The highest BCUT2D eigenvalue weighted by atomic mass is 79.9. The van der Waals surface area contributed by atoms with Crippen LogP contribution >= 0.6 is 15.9 Å². The van der Waals surface area contributed by atoms with Crippen LogP contribution in [0.5, 0.6) is 0 Å². The third kappa shape index (κ3) is 3.80. The second kappa shape index (κ2) is 6.53. The van der Waals surface area contributed by atoms with Crippen LogP contribution in [0, 0.1) is 0 Å². The topological polar surface area (TPSA) is 23.5 Å². The quantitative estimate of drug-likeness (QED) is 0.902. The molecule has 1 fully saturated rings. The van der Waals surface area contributed by atoms with Gasteiger partial charge in [0.2, 0.25) is 0 Å². The number of benzene rings is 1. The third-order valence-corrected chi connectivity index (χ3v) is 4.02. The highest BCUT2D eigenvalue weighted by Crippen LogP contribution is 2.23. The molecule has 1 unspecified atom stereocenters. The molecule has 1 aromatic rings. The van der Waals surface area contributed by atoms with Gasteiger partial charge in [-0.3, -0.25) is 4.90 Å². The molecule has 1 heterocycles. The van der Waals surface area contributed by atoms with Crippen molar-refractivity contribution in [3.05, 3.63) is 34.3 Å². The molecular weight excluding hydrogens is 278 g/mol. The molecule has 0 bridgehead atoms. The van der Waals surface area contributed by atoms with E-state index >= 15 is 0 Å². The van der Waals surface area contributed by atoms with Gasteiger partial charge in [0, 0.05) is 23.7 Å². The third-order valence-electron chi connectivity index (χ3n) is 3.49. The van der Waals surface area contributed by atoms with Gasteiger partial charge >= 0.3 is 0 Å². The van der Waals surface area contributed by atoms with E-state index < -0.39 is 0 Å². The Bertz CT molecular complexity index is 339. The van der Waals surface area contributed by atoms with Gasteiger partial charge in [0.1, 0.15) is 0 Å². The van der Waals surface area contributed by atoms with Crippen molar-refractivity contribution >= 4 is 15.9 Å². The van der Waals surface area contributed by atoms with Crippen LogP contribution in [-0.2, 0) is 6.54 Å². The zero-order valence-corrected chi connectivity index (χ0v) is 11.7. The van der Waals surface area contributed by atoms with Crippen molar-refractivity contribution in [2.45, 2.75) is 38.3 Å². The molecule has 1 aromatic carbocycles. The van der Waals surface area contributed by atoms with Gasteiger partial charge in [0.15, 0.2) is 0 Å². The summed E-state index contributed by atoms with van der Waals surface area (Å²) in [6, 6.07) is 9.25. The van der Waals surface area contributed by atoms with Gasteiger partial charge in [0.25, 0.3) is 0 Å². The summed E-state index contributed by atoms with van der Waals surface area (Å²) < 4.78 is 1.14. The van der Waals surface area contributed by atoms with Crippen molar-refractivity contribution in [2.75, 3.05) is 13.2 Å². The normalized spacial score (nSPS) is 20.9. The minimum absolute atomic E-state index is 0.322. The average molecular weight is 298 g/mol. The van der Waals surface area contributed by atoms with Crippen molar-refractivity contribution in [3.63, 3.8) is 0 Å². The van der Waals surface area contributed by atoms with Crippen molar-refractivity contribution in [1.29, 1.82) is 0 Å². The van der Waals surface area contributed by atoms with Gasteiger partial charge in [-0.2, -0.15) is 0 Å². The summed E-state index contributed by atoms with van der Waals surface area (Å²) in [4.78, 5) is 2.55. The van der Waals surface area contributed by atoms with Gasteiger partial charge in [-0.1, -0.05) is 28.1 Å². The number of hydrogen-bond acceptors (Lipinski definition) is 2. The summed E-state index contributed by atoms with van der Waals surface area (Å²) in [5, 5.41) is 8.91. The molecule has 0 radical (unpaired) electrons. The van der Waals surface area contributed by atoms with E-state index in [1.54, 1.807) is 0 Å². The molecule has 0 saturated carbocycles. The smallest absolute Gasteiger partial charge is 0.0431 e. The zero-order valence-electron chi connectivity index (χ0n) is 10.1. The Balaban J connectivity index is 1.90. The van der Waals surface area contributed by atoms with Crippen LogP contribution in [0.25, 0.3) is 0 Å². The number of likely N-dealkylation sites (tertiary alicyclic amines) is 1. The summed E-state index contributed by atoms with van der Waals surface area (Å²) in [7, 11) is 0. The number of hydrogen-bond donors (Lipinski definition) is 1. The lowest BCUT2D eigenvalue weighted by molar-refractivity contribution is 0.210. The SMILES string of the molecule is OCCCC1CCCN1Cc1ccc(Br)cc1. The lowest BCUT2D eigenvalue weighted by Crippen LogP contribution is -2.29. The molecule has 2 nitrogen and oxygen atoms in total. The first kappa shape index (κ1) is 13.1. The molecule has 0 spiro atoms. The fourth-order valence-corrected chi connectivity index (χ4v) is 2.85. The van der Waals surface area contributed by atoms with Crippen LogP contribution in [0.4, 0.5) is 0 Å². The van der Waals surface area contributed by atoms with Crippen molar-refractivity contribution in [3.8, 4) is 0 Å². The van der Waals surface area contributed by atoms with E-state index in [4.69, 9.17) is 5.11 Å². The highest BCUT2D eigenvalue weighted by molar-refractivity contribution is 9.10. The maximum Gasteiger partial charge on any atom is 0.0431 e. The van der Waals surface area contributed by atoms with Crippen molar-refractivity contribution < 1.29 is 5.11 Å². The molecule has 0 aliphatic carbocycles. The number of nitrogens with zero attached hydrogens (tertiary/aromatic N) is 1. The van der Waals surface area contributed by atoms with Gasteiger partial charge in [-0.15, -0.1) is 0 Å². The summed E-state index contributed by atoms with van der Waals surface area (Å²) >= 11 is 3.46.